The molecule has 0 saturated carbocycles. The molecular formula is C9H26HfO4. The van der Waals surface area contributed by atoms with Crippen molar-refractivity contribution >= 4 is 0 Å². The molecule has 4 nitrogen and oxygen atoms in total. The molecule has 0 radical (unpaired) electrons. The van der Waals surface area contributed by atoms with E-state index in [0.29, 0.717) is 19.8 Å². The Labute approximate surface area is 106 Å². The predicted octanol–water partition coefficient (Wildman–Crippen LogP) is 0.339. The molecule has 0 spiro atoms. The fraction of sp³-hybridized carbons (Fsp3) is 1.00. The molecule has 0 aliphatic carbocycles. The zero-order chi connectivity index (χ0) is 10.2. The van der Waals surface area contributed by atoms with Crippen LogP contribution in [0.4, 0.5) is 0 Å². The summed E-state index contributed by atoms with van der Waals surface area (Å²) >= 11 is 0. The van der Waals surface area contributed by atoms with E-state index in [0.717, 1.165) is 19.3 Å². The topological polar surface area (TPSA) is 92.2 Å². The zero-order valence-corrected chi connectivity index (χ0v) is 13.2. The molecule has 0 aromatic heterocycles. The Morgan fingerprint density at radius 1 is 0.643 bits per heavy atom. The maximum absolute atomic E-state index is 7.88. The van der Waals surface area contributed by atoms with Crippen LogP contribution in [0.2, 0.25) is 0 Å². The van der Waals surface area contributed by atoms with E-state index in [4.69, 9.17) is 15.3 Å². The van der Waals surface area contributed by atoms with Crippen LogP contribution in [-0.4, -0.2) is 40.6 Å². The third-order valence-corrected chi connectivity index (χ3v) is 0.671. The van der Waals surface area contributed by atoms with E-state index >= 15 is 0 Å². The molecule has 0 aromatic rings. The Balaban J connectivity index is -0.0000000270. The Morgan fingerprint density at radius 3 is 0.714 bits per heavy atom. The maximum Gasteiger partial charge on any atom is 0.0428 e. The zero-order valence-electron chi connectivity index (χ0n) is 9.58. The number of hydrogen-bond acceptors (Lipinski definition) is 3. The van der Waals surface area contributed by atoms with Crippen molar-refractivity contribution in [2.24, 2.45) is 0 Å². The van der Waals surface area contributed by atoms with Crippen LogP contribution in [0.25, 0.3) is 0 Å². The van der Waals surface area contributed by atoms with E-state index in [-0.39, 0.29) is 31.3 Å². The fourth-order valence-corrected chi connectivity index (χ4v) is 0. The third kappa shape index (κ3) is 127. The number of aliphatic hydroxyl groups excluding tert-OH is 3. The molecule has 0 unspecified atom stereocenters. The molecule has 5 N–H and O–H groups in total. The summed E-state index contributed by atoms with van der Waals surface area (Å²) < 4.78 is 0. The van der Waals surface area contributed by atoms with E-state index in [1.165, 1.54) is 0 Å². The smallest absolute Gasteiger partial charge is 0.0428 e. The predicted molar refractivity (Wildman–Crippen MR) is 55.7 cm³/mol. The molecule has 0 aromatic carbocycles. The standard InChI is InChI=1S/3C3H8O.Hf.H2O/c3*1-2-3-4;;/h3*4H,2-3H2,1H3;;1H2. The molecule has 0 aliphatic heterocycles. The molecule has 0 atom stereocenters. The van der Waals surface area contributed by atoms with Gasteiger partial charge in [0.15, 0.2) is 0 Å². The molecule has 0 heterocycles. The molecule has 14 heavy (non-hydrogen) atoms. The van der Waals surface area contributed by atoms with Gasteiger partial charge in [0.05, 0.1) is 0 Å². The summed E-state index contributed by atoms with van der Waals surface area (Å²) in [6.07, 6.45) is 2.62. The summed E-state index contributed by atoms with van der Waals surface area (Å²) in [6, 6.07) is 0. The number of hydrogen-bond donors (Lipinski definition) is 3. The van der Waals surface area contributed by atoms with Gasteiger partial charge in [-0.3, -0.25) is 0 Å². The van der Waals surface area contributed by atoms with E-state index in [1.54, 1.807) is 0 Å². The van der Waals surface area contributed by atoms with Crippen LogP contribution in [0.1, 0.15) is 40.0 Å². The van der Waals surface area contributed by atoms with Crippen molar-refractivity contribution in [3.8, 4) is 0 Å². The first-order chi connectivity index (χ1) is 5.74. The van der Waals surface area contributed by atoms with Gasteiger partial charge in [-0.25, -0.2) is 0 Å². The van der Waals surface area contributed by atoms with Crippen molar-refractivity contribution in [2.45, 2.75) is 40.0 Å². The van der Waals surface area contributed by atoms with Gasteiger partial charge >= 0.3 is 0 Å². The van der Waals surface area contributed by atoms with Gasteiger partial charge in [-0.05, 0) is 19.3 Å². The van der Waals surface area contributed by atoms with Gasteiger partial charge in [-0.15, -0.1) is 0 Å². The second kappa shape index (κ2) is 49.2. The Morgan fingerprint density at radius 2 is 0.714 bits per heavy atom. The van der Waals surface area contributed by atoms with Crippen LogP contribution in [-0.2, 0) is 25.8 Å². The summed E-state index contributed by atoms with van der Waals surface area (Å²) in [7, 11) is 0. The molecule has 5 heteroatoms. The van der Waals surface area contributed by atoms with Crippen LogP contribution >= 0.6 is 0 Å². The average molecular weight is 377 g/mol. The summed E-state index contributed by atoms with van der Waals surface area (Å²) in [5.41, 5.74) is 0. The molecule has 0 saturated heterocycles. The summed E-state index contributed by atoms with van der Waals surface area (Å²) in [6.45, 7) is 6.75. The summed E-state index contributed by atoms with van der Waals surface area (Å²) in [5.74, 6) is 0. The van der Waals surface area contributed by atoms with Crippen molar-refractivity contribution in [1.82, 2.24) is 0 Å². The molecule has 0 fully saturated rings. The van der Waals surface area contributed by atoms with E-state index in [1.807, 2.05) is 20.8 Å². The van der Waals surface area contributed by atoms with Crippen molar-refractivity contribution in [3.05, 3.63) is 0 Å². The Bertz CT molecular complexity index is 32.3. The first-order valence-electron chi connectivity index (χ1n) is 4.57. The second-order valence-electron chi connectivity index (χ2n) is 2.17. The van der Waals surface area contributed by atoms with Gasteiger partial charge in [0.25, 0.3) is 0 Å². The molecular weight excluding hydrogens is 351 g/mol. The number of aliphatic hydroxyl groups is 3. The molecule has 90 valence electrons. The first kappa shape index (κ1) is 29.3. The van der Waals surface area contributed by atoms with Gasteiger partial charge in [-0.1, -0.05) is 20.8 Å². The van der Waals surface area contributed by atoms with Crippen molar-refractivity contribution < 1.29 is 46.6 Å². The Hall–Kier alpha value is 0.710. The van der Waals surface area contributed by atoms with Crippen molar-refractivity contribution in [3.63, 3.8) is 0 Å². The van der Waals surface area contributed by atoms with Gasteiger partial charge < -0.3 is 20.8 Å². The van der Waals surface area contributed by atoms with Crippen molar-refractivity contribution in [2.75, 3.05) is 19.8 Å². The van der Waals surface area contributed by atoms with Crippen LogP contribution in [0, 0.1) is 0 Å². The molecule has 0 amide bonds. The molecule has 0 rings (SSSR count). The van der Waals surface area contributed by atoms with Gasteiger partial charge in [0.1, 0.15) is 0 Å². The monoisotopic (exact) mass is 378 g/mol. The van der Waals surface area contributed by atoms with E-state index in [9.17, 15) is 0 Å². The van der Waals surface area contributed by atoms with Crippen LogP contribution in [0.3, 0.4) is 0 Å². The minimum Gasteiger partial charge on any atom is -0.412 e. The third-order valence-electron chi connectivity index (χ3n) is 0.671. The SMILES string of the molecule is CCCO.CCCO.CCCO.O.[Hf]. The van der Waals surface area contributed by atoms with E-state index in [2.05, 4.69) is 0 Å². The maximum atomic E-state index is 7.88. The van der Waals surface area contributed by atoms with Gasteiger partial charge in [-0.2, -0.15) is 0 Å². The van der Waals surface area contributed by atoms with Gasteiger partial charge in [0.2, 0.25) is 0 Å². The van der Waals surface area contributed by atoms with E-state index < -0.39 is 0 Å². The quantitative estimate of drug-likeness (QED) is 0.620. The first-order valence-corrected chi connectivity index (χ1v) is 4.57. The normalized spacial score (nSPS) is 6.43. The van der Waals surface area contributed by atoms with Gasteiger partial charge in [0, 0.05) is 45.7 Å². The molecule has 0 bridgehead atoms. The van der Waals surface area contributed by atoms with Crippen LogP contribution < -0.4 is 0 Å². The fourth-order valence-electron chi connectivity index (χ4n) is 0. The summed E-state index contributed by atoms with van der Waals surface area (Å²) in [5, 5.41) is 23.6. The largest absolute Gasteiger partial charge is 0.412 e. The summed E-state index contributed by atoms with van der Waals surface area (Å²) in [4.78, 5) is 0. The van der Waals surface area contributed by atoms with Crippen LogP contribution in [0.15, 0.2) is 0 Å². The van der Waals surface area contributed by atoms with Crippen molar-refractivity contribution in [1.29, 1.82) is 0 Å². The Kier molecular flexibility index (Phi) is 103. The number of rotatable bonds is 3. The molecule has 0 aliphatic rings. The minimum absolute atomic E-state index is 0. The minimum atomic E-state index is 0. The average Bonchev–Trinajstić information content (AvgIpc) is 2.18. The van der Waals surface area contributed by atoms with Crippen LogP contribution in [0.5, 0.6) is 0 Å². The second-order valence-corrected chi connectivity index (χ2v) is 2.17.